The Balaban J connectivity index is 2.88. The summed E-state index contributed by atoms with van der Waals surface area (Å²) < 4.78 is 0. The number of nitrogens with zero attached hydrogens (tertiary/aromatic N) is 1. The second-order valence-corrected chi connectivity index (χ2v) is 4.48. The quantitative estimate of drug-likeness (QED) is 0.729. The van der Waals surface area contributed by atoms with Crippen molar-refractivity contribution in [2.75, 3.05) is 11.9 Å². The fraction of sp³-hybridized carbons (Fsp3) is 0.462. The van der Waals surface area contributed by atoms with Crippen LogP contribution in [0.4, 0.5) is 5.69 Å². The van der Waals surface area contributed by atoms with Crippen LogP contribution < -0.4 is 4.90 Å². The minimum absolute atomic E-state index is 0.475. The van der Waals surface area contributed by atoms with Crippen LogP contribution in [0, 0.1) is 0 Å². The number of hydrogen-bond donors (Lipinski definition) is 0. The van der Waals surface area contributed by atoms with Crippen molar-refractivity contribution < 1.29 is 4.79 Å². The van der Waals surface area contributed by atoms with Crippen LogP contribution in [0.15, 0.2) is 18.2 Å². The summed E-state index contributed by atoms with van der Waals surface area (Å²) >= 11 is 6.00. The lowest BCUT2D eigenvalue weighted by atomic mass is 10.1. The van der Waals surface area contributed by atoms with Gasteiger partial charge in [0.1, 0.15) is 0 Å². The smallest absolute Gasteiger partial charge is 0.151 e. The highest BCUT2D eigenvalue weighted by Gasteiger charge is 2.10. The predicted molar refractivity (Wildman–Crippen MR) is 69.6 cm³/mol. The molecule has 0 spiro atoms. The Hall–Kier alpha value is -1.02. The van der Waals surface area contributed by atoms with E-state index in [4.69, 9.17) is 11.6 Å². The molecule has 0 saturated heterocycles. The van der Waals surface area contributed by atoms with Crippen LogP contribution in [0.25, 0.3) is 0 Å². The summed E-state index contributed by atoms with van der Waals surface area (Å²) in [4.78, 5) is 12.8. The summed E-state index contributed by atoms with van der Waals surface area (Å²) in [6.45, 7) is 4.36. The molecule has 0 heterocycles. The molecule has 0 aliphatic rings. The molecule has 0 aliphatic heterocycles. The van der Waals surface area contributed by atoms with Crippen LogP contribution in [0.1, 0.15) is 37.0 Å². The van der Waals surface area contributed by atoms with Crippen molar-refractivity contribution >= 4 is 23.6 Å². The molecule has 0 fully saturated rings. The van der Waals surface area contributed by atoms with Crippen LogP contribution >= 0.6 is 11.6 Å². The summed E-state index contributed by atoms with van der Waals surface area (Å²) in [7, 11) is 2.05. The first-order chi connectivity index (χ1) is 7.60. The highest BCUT2D eigenvalue weighted by molar-refractivity contribution is 6.33. The molecule has 0 amide bonds. The van der Waals surface area contributed by atoms with Crippen molar-refractivity contribution in [2.45, 2.75) is 32.7 Å². The van der Waals surface area contributed by atoms with Gasteiger partial charge in [-0.25, -0.2) is 0 Å². The molecule has 1 aromatic carbocycles. The molecule has 88 valence electrons. The third-order valence-electron chi connectivity index (χ3n) is 2.89. The van der Waals surface area contributed by atoms with Crippen molar-refractivity contribution in [2.24, 2.45) is 0 Å². The maximum atomic E-state index is 10.6. The van der Waals surface area contributed by atoms with Crippen molar-refractivity contribution in [1.29, 1.82) is 0 Å². The van der Waals surface area contributed by atoms with Crippen LogP contribution in [0.2, 0.25) is 5.02 Å². The molecule has 1 aromatic rings. The summed E-state index contributed by atoms with van der Waals surface area (Å²) in [5, 5.41) is 0.517. The number of aldehydes is 1. The number of hydrogen-bond acceptors (Lipinski definition) is 2. The molecule has 0 aromatic heterocycles. The topological polar surface area (TPSA) is 20.3 Å². The van der Waals surface area contributed by atoms with Crippen LogP contribution in [0.5, 0.6) is 0 Å². The molecule has 16 heavy (non-hydrogen) atoms. The van der Waals surface area contributed by atoms with Crippen LogP contribution in [0.3, 0.4) is 0 Å². The van der Waals surface area contributed by atoms with Crippen molar-refractivity contribution in [3.05, 3.63) is 28.8 Å². The van der Waals surface area contributed by atoms with Gasteiger partial charge in [0.05, 0.1) is 5.02 Å². The van der Waals surface area contributed by atoms with Gasteiger partial charge in [-0.2, -0.15) is 0 Å². The van der Waals surface area contributed by atoms with Crippen molar-refractivity contribution in [1.82, 2.24) is 0 Å². The first kappa shape index (κ1) is 13.0. The third-order valence-corrected chi connectivity index (χ3v) is 3.21. The van der Waals surface area contributed by atoms with E-state index in [2.05, 4.69) is 18.7 Å². The van der Waals surface area contributed by atoms with Crippen LogP contribution in [-0.2, 0) is 0 Å². The molecule has 0 bridgehead atoms. The standard InChI is InChI=1S/C13H18ClNO/c1-4-5-10(2)15(3)12-7-6-11(9-16)13(14)8-12/h6-10H,4-5H2,1-3H3. The van der Waals surface area contributed by atoms with E-state index in [0.717, 1.165) is 24.8 Å². The Kier molecular flexibility index (Phi) is 4.81. The first-order valence-corrected chi connectivity index (χ1v) is 5.95. The van der Waals surface area contributed by atoms with Gasteiger partial charge in [0.2, 0.25) is 0 Å². The Bertz CT molecular complexity index is 365. The molecule has 3 heteroatoms. The zero-order valence-electron chi connectivity index (χ0n) is 10.0. The maximum Gasteiger partial charge on any atom is 0.151 e. The van der Waals surface area contributed by atoms with Gasteiger partial charge in [-0.15, -0.1) is 0 Å². The van der Waals surface area contributed by atoms with E-state index < -0.39 is 0 Å². The van der Waals surface area contributed by atoms with E-state index in [-0.39, 0.29) is 0 Å². The van der Waals surface area contributed by atoms with E-state index in [1.54, 1.807) is 6.07 Å². The number of anilines is 1. The monoisotopic (exact) mass is 239 g/mol. The number of benzene rings is 1. The SMILES string of the molecule is CCCC(C)N(C)c1ccc(C=O)c(Cl)c1. The molecule has 0 saturated carbocycles. The lowest BCUT2D eigenvalue weighted by Gasteiger charge is -2.27. The van der Waals surface area contributed by atoms with Gasteiger partial charge in [-0.3, -0.25) is 4.79 Å². The Labute approximate surface area is 102 Å². The second kappa shape index (κ2) is 5.90. The van der Waals surface area contributed by atoms with E-state index in [1.165, 1.54) is 0 Å². The largest absolute Gasteiger partial charge is 0.372 e. The van der Waals surface area contributed by atoms with Gasteiger partial charge >= 0.3 is 0 Å². The average molecular weight is 240 g/mol. The van der Waals surface area contributed by atoms with Gasteiger partial charge in [0.25, 0.3) is 0 Å². The second-order valence-electron chi connectivity index (χ2n) is 4.07. The number of carbonyl (C=O) groups excluding carboxylic acids is 1. The lowest BCUT2D eigenvalue weighted by molar-refractivity contribution is 0.112. The number of rotatable bonds is 5. The predicted octanol–water partition coefficient (Wildman–Crippen LogP) is 3.78. The third kappa shape index (κ3) is 2.99. The zero-order chi connectivity index (χ0) is 12.1. The molecule has 1 unspecified atom stereocenters. The molecular formula is C13H18ClNO. The normalized spacial score (nSPS) is 12.2. The first-order valence-electron chi connectivity index (χ1n) is 5.57. The summed E-state index contributed by atoms with van der Waals surface area (Å²) in [5.41, 5.74) is 1.60. The molecule has 0 radical (unpaired) electrons. The molecule has 1 atom stereocenters. The maximum absolute atomic E-state index is 10.6. The summed E-state index contributed by atoms with van der Waals surface area (Å²) in [6.07, 6.45) is 3.08. The molecule has 1 rings (SSSR count). The number of halogens is 1. The van der Waals surface area contributed by atoms with Gasteiger partial charge in [0.15, 0.2) is 6.29 Å². The van der Waals surface area contributed by atoms with Crippen LogP contribution in [-0.4, -0.2) is 19.4 Å². The Morgan fingerprint density at radius 2 is 2.19 bits per heavy atom. The summed E-state index contributed by atoms with van der Waals surface area (Å²) in [6, 6.07) is 6.02. The molecule has 2 nitrogen and oxygen atoms in total. The van der Waals surface area contributed by atoms with E-state index in [1.807, 2.05) is 19.2 Å². The van der Waals surface area contributed by atoms with E-state index in [9.17, 15) is 4.79 Å². The fourth-order valence-electron chi connectivity index (χ4n) is 1.70. The van der Waals surface area contributed by atoms with Crippen molar-refractivity contribution in [3.63, 3.8) is 0 Å². The molecular weight excluding hydrogens is 222 g/mol. The number of carbonyl (C=O) groups is 1. The average Bonchev–Trinajstić information content (AvgIpc) is 2.28. The molecule has 0 aliphatic carbocycles. The van der Waals surface area contributed by atoms with Gasteiger partial charge in [-0.1, -0.05) is 24.9 Å². The fourth-order valence-corrected chi connectivity index (χ4v) is 1.92. The van der Waals surface area contributed by atoms with Gasteiger partial charge in [-0.05, 0) is 31.5 Å². The van der Waals surface area contributed by atoms with Crippen molar-refractivity contribution in [3.8, 4) is 0 Å². The highest BCUT2D eigenvalue weighted by atomic mass is 35.5. The summed E-state index contributed by atoms with van der Waals surface area (Å²) in [5.74, 6) is 0. The zero-order valence-corrected chi connectivity index (χ0v) is 10.8. The Morgan fingerprint density at radius 3 is 2.69 bits per heavy atom. The van der Waals surface area contributed by atoms with E-state index in [0.29, 0.717) is 16.6 Å². The Morgan fingerprint density at radius 1 is 1.50 bits per heavy atom. The highest BCUT2D eigenvalue weighted by Crippen LogP contribution is 2.24. The minimum Gasteiger partial charge on any atom is -0.372 e. The molecule has 0 N–H and O–H groups in total. The lowest BCUT2D eigenvalue weighted by Crippen LogP contribution is -2.28. The van der Waals surface area contributed by atoms with Gasteiger partial charge < -0.3 is 4.90 Å². The van der Waals surface area contributed by atoms with Gasteiger partial charge in [0, 0.05) is 24.3 Å². The van der Waals surface area contributed by atoms with E-state index >= 15 is 0 Å². The minimum atomic E-state index is 0.475.